The van der Waals surface area contributed by atoms with Crippen LogP contribution in [0.3, 0.4) is 0 Å². The molecule has 5 rings (SSSR count). The lowest BCUT2D eigenvalue weighted by Crippen LogP contribution is -2.43. The van der Waals surface area contributed by atoms with Crippen molar-refractivity contribution in [2.45, 2.75) is 26.8 Å². The molecule has 1 aliphatic heterocycles. The third-order valence-corrected chi connectivity index (χ3v) is 8.29. The zero-order valence-electron chi connectivity index (χ0n) is 23.3. The molecular formula is C30H27ClN4O6S. The number of furan rings is 1. The molecule has 1 amide bonds. The van der Waals surface area contributed by atoms with Gasteiger partial charge in [0.05, 0.1) is 45.5 Å². The van der Waals surface area contributed by atoms with Gasteiger partial charge in [0.2, 0.25) is 0 Å². The molecule has 0 fully saturated rings. The molecule has 1 aliphatic rings. The Balaban J connectivity index is 1.63. The Bertz CT molecular complexity index is 1900. The molecular weight excluding hydrogens is 580 g/mol. The minimum atomic E-state index is -0.706. The highest BCUT2D eigenvalue weighted by Crippen LogP contribution is 2.35. The molecule has 12 heteroatoms. The third kappa shape index (κ3) is 5.28. The summed E-state index contributed by atoms with van der Waals surface area (Å²) in [6.45, 7) is 6.61. The van der Waals surface area contributed by atoms with Gasteiger partial charge >= 0.3 is 0 Å². The Kier molecular flexibility index (Phi) is 8.15. The van der Waals surface area contributed by atoms with Crippen LogP contribution in [0.1, 0.15) is 38.1 Å². The van der Waals surface area contributed by atoms with Crippen LogP contribution in [0.2, 0.25) is 5.02 Å². The Morgan fingerprint density at radius 3 is 2.55 bits per heavy atom. The number of halogens is 1. The minimum absolute atomic E-state index is 0.168. The molecule has 1 atom stereocenters. The van der Waals surface area contributed by atoms with Crippen LogP contribution in [0.5, 0.6) is 5.75 Å². The van der Waals surface area contributed by atoms with E-state index in [1.165, 1.54) is 29.1 Å². The molecule has 42 heavy (non-hydrogen) atoms. The number of carbonyl (C=O) groups excluding carboxylic acids is 1. The topological polar surface area (TPSA) is 120 Å². The predicted molar refractivity (Wildman–Crippen MR) is 160 cm³/mol. The van der Waals surface area contributed by atoms with Crippen LogP contribution < -0.4 is 19.6 Å². The molecule has 0 unspecified atom stereocenters. The van der Waals surface area contributed by atoms with Crippen LogP contribution in [0.25, 0.3) is 17.4 Å². The van der Waals surface area contributed by atoms with Gasteiger partial charge in [0.15, 0.2) is 4.80 Å². The molecule has 216 valence electrons. The highest BCUT2D eigenvalue weighted by atomic mass is 35.5. The van der Waals surface area contributed by atoms with E-state index in [2.05, 4.69) is 4.99 Å². The Labute approximate surface area is 249 Å². The van der Waals surface area contributed by atoms with Gasteiger partial charge in [-0.25, -0.2) is 4.99 Å². The summed E-state index contributed by atoms with van der Waals surface area (Å²) in [5.41, 5.74) is 1.45. The lowest BCUT2D eigenvalue weighted by molar-refractivity contribution is -0.384. The van der Waals surface area contributed by atoms with E-state index in [1.807, 2.05) is 13.8 Å². The fourth-order valence-electron chi connectivity index (χ4n) is 4.94. The summed E-state index contributed by atoms with van der Waals surface area (Å²) in [6.07, 6.45) is 1.58. The number of allylic oxidation sites excluding steroid dienone is 1. The lowest BCUT2D eigenvalue weighted by Gasteiger charge is -2.29. The van der Waals surface area contributed by atoms with Crippen molar-refractivity contribution in [3.05, 3.63) is 112 Å². The van der Waals surface area contributed by atoms with Crippen molar-refractivity contribution in [3.8, 4) is 17.1 Å². The third-order valence-electron chi connectivity index (χ3n) is 7.06. The van der Waals surface area contributed by atoms with Crippen LogP contribution in [0, 0.1) is 10.1 Å². The maximum absolute atomic E-state index is 13.9. The Morgan fingerprint density at radius 2 is 1.90 bits per heavy atom. The second-order valence-electron chi connectivity index (χ2n) is 9.45. The van der Waals surface area contributed by atoms with Gasteiger partial charge in [-0.3, -0.25) is 24.3 Å². The minimum Gasteiger partial charge on any atom is -0.497 e. The number of fused-ring (bicyclic) bond motifs is 1. The molecule has 0 bridgehead atoms. The van der Waals surface area contributed by atoms with Crippen molar-refractivity contribution in [3.63, 3.8) is 0 Å². The number of hydrogen-bond acceptors (Lipinski definition) is 8. The molecule has 10 nitrogen and oxygen atoms in total. The lowest BCUT2D eigenvalue weighted by atomic mass is 9.94. The number of hydrogen-bond donors (Lipinski definition) is 0. The number of aromatic nitrogens is 1. The smallest absolute Gasteiger partial charge is 0.284 e. The first kappa shape index (κ1) is 29.0. The van der Waals surface area contributed by atoms with Crippen molar-refractivity contribution in [1.82, 2.24) is 9.47 Å². The quantitative estimate of drug-likeness (QED) is 0.207. The summed E-state index contributed by atoms with van der Waals surface area (Å²) in [5, 5.41) is 12.2. The highest BCUT2D eigenvalue weighted by molar-refractivity contribution is 7.07. The fourth-order valence-corrected chi connectivity index (χ4v) is 6.09. The molecule has 3 heterocycles. The van der Waals surface area contributed by atoms with Crippen LogP contribution in [-0.2, 0) is 4.79 Å². The SMILES string of the molecule is CCN(CC)C(=O)C1=C(C)N=c2s/c(=C/c3ccc(-c4ccc(OC)cc4[N+](=O)[O-])o3)c(=O)n2[C@@H]1c1ccc(Cl)cc1. The van der Waals surface area contributed by atoms with E-state index in [9.17, 15) is 19.7 Å². The van der Waals surface area contributed by atoms with E-state index in [-0.39, 0.29) is 28.5 Å². The van der Waals surface area contributed by atoms with Crippen LogP contribution in [0.4, 0.5) is 5.69 Å². The van der Waals surface area contributed by atoms with Crippen molar-refractivity contribution < 1.29 is 18.9 Å². The maximum Gasteiger partial charge on any atom is 0.284 e. The number of benzene rings is 2. The number of carbonyl (C=O) groups is 1. The summed E-state index contributed by atoms with van der Waals surface area (Å²) in [4.78, 5) is 45.6. The fraction of sp³-hybridized carbons (Fsp3) is 0.233. The van der Waals surface area contributed by atoms with Gasteiger partial charge < -0.3 is 14.1 Å². The number of amides is 1. The standard InChI is InChI=1S/C30H27ClN4O6S/c1-5-33(6-2)29(37)26-17(3)32-30-34(27(26)18-7-9-19(31)10-8-18)28(36)25(42-30)16-21-12-14-24(41-21)22-13-11-20(40-4)15-23(22)35(38)39/h7-16,27H,5-6H2,1-4H3/b25-16+/t27-/m1/s1. The molecule has 2 aromatic heterocycles. The van der Waals surface area contributed by atoms with Gasteiger partial charge in [-0.15, -0.1) is 0 Å². The van der Waals surface area contributed by atoms with Gasteiger partial charge in [-0.1, -0.05) is 35.1 Å². The number of nitro groups is 1. The van der Waals surface area contributed by atoms with E-state index in [0.717, 1.165) is 5.56 Å². The van der Waals surface area contributed by atoms with E-state index < -0.39 is 11.0 Å². The predicted octanol–water partition coefficient (Wildman–Crippen LogP) is 4.93. The average molecular weight is 607 g/mol. The largest absolute Gasteiger partial charge is 0.497 e. The van der Waals surface area contributed by atoms with Crippen LogP contribution in [0.15, 0.2) is 80.1 Å². The highest BCUT2D eigenvalue weighted by Gasteiger charge is 2.34. The van der Waals surface area contributed by atoms with Gasteiger partial charge in [-0.05, 0) is 62.7 Å². The van der Waals surface area contributed by atoms with Crippen molar-refractivity contribution in [1.29, 1.82) is 0 Å². The monoisotopic (exact) mass is 606 g/mol. The summed E-state index contributed by atoms with van der Waals surface area (Å²) < 4.78 is 12.9. The summed E-state index contributed by atoms with van der Waals surface area (Å²) >= 11 is 7.33. The van der Waals surface area contributed by atoms with Crippen LogP contribution >= 0.6 is 22.9 Å². The molecule has 4 aromatic rings. The molecule has 2 aromatic carbocycles. The van der Waals surface area contributed by atoms with E-state index >= 15 is 0 Å². The second kappa shape index (κ2) is 11.8. The molecule has 0 spiro atoms. The zero-order valence-corrected chi connectivity index (χ0v) is 24.9. The molecule has 0 saturated carbocycles. The number of nitrogens with zero attached hydrogens (tertiary/aromatic N) is 4. The molecule has 0 saturated heterocycles. The molecule has 0 N–H and O–H groups in total. The number of thiazole rings is 1. The number of likely N-dealkylation sites (N-methyl/N-ethyl adjacent to an activating group) is 1. The summed E-state index contributed by atoms with van der Waals surface area (Å²) in [6, 6.07) is 14.1. The Hall–Kier alpha value is -4.48. The summed E-state index contributed by atoms with van der Waals surface area (Å²) in [5.74, 6) is 0.763. The van der Waals surface area contributed by atoms with Gasteiger partial charge in [-0.2, -0.15) is 0 Å². The Morgan fingerprint density at radius 1 is 1.19 bits per heavy atom. The number of rotatable bonds is 8. The molecule has 0 radical (unpaired) electrons. The van der Waals surface area contributed by atoms with E-state index in [4.69, 9.17) is 20.8 Å². The van der Waals surface area contributed by atoms with E-state index in [0.29, 0.717) is 50.2 Å². The van der Waals surface area contributed by atoms with E-state index in [1.54, 1.807) is 66.4 Å². The summed E-state index contributed by atoms with van der Waals surface area (Å²) in [7, 11) is 1.43. The van der Waals surface area contributed by atoms with Crippen molar-refractivity contribution in [2.75, 3.05) is 20.2 Å². The average Bonchev–Trinajstić information content (AvgIpc) is 3.57. The van der Waals surface area contributed by atoms with Crippen molar-refractivity contribution >= 4 is 40.6 Å². The number of ether oxygens (including phenoxy) is 1. The first-order valence-electron chi connectivity index (χ1n) is 13.2. The van der Waals surface area contributed by atoms with Crippen molar-refractivity contribution in [2.24, 2.45) is 4.99 Å². The van der Waals surface area contributed by atoms with Gasteiger partial charge in [0.1, 0.15) is 17.3 Å². The maximum atomic E-state index is 13.9. The number of nitro benzene ring substituents is 1. The van der Waals surface area contributed by atoms with Crippen LogP contribution in [-0.4, -0.2) is 40.5 Å². The first-order valence-corrected chi connectivity index (χ1v) is 14.4. The van der Waals surface area contributed by atoms with Gasteiger partial charge in [0.25, 0.3) is 17.2 Å². The normalized spacial score (nSPS) is 14.9. The molecule has 0 aliphatic carbocycles. The first-order chi connectivity index (χ1) is 20.2. The van der Waals surface area contributed by atoms with Gasteiger partial charge in [0, 0.05) is 24.2 Å². The number of methoxy groups -OCH3 is 1. The second-order valence-corrected chi connectivity index (χ2v) is 10.9. The zero-order chi connectivity index (χ0) is 30.1.